The predicted octanol–water partition coefficient (Wildman–Crippen LogP) is 23.9. The van der Waals surface area contributed by atoms with Crippen LogP contribution in [-0.2, 0) is 20.4 Å². The molecule has 0 fully saturated rings. The van der Waals surface area contributed by atoms with Gasteiger partial charge in [0.15, 0.2) is 11.6 Å². The van der Waals surface area contributed by atoms with Crippen LogP contribution in [0.5, 0.6) is 5.75 Å². The maximum absolute atomic E-state index is 11.5. The summed E-state index contributed by atoms with van der Waals surface area (Å²) in [5.74, 6) is 2.34. The van der Waals surface area contributed by atoms with E-state index in [1.807, 2.05) is 36.1 Å². The largest absolute Gasteiger partial charge is 0.494 e. The van der Waals surface area contributed by atoms with Crippen molar-refractivity contribution < 1.29 is 14.3 Å². The molecule has 0 radical (unpaired) electrons. The van der Waals surface area contributed by atoms with Crippen LogP contribution >= 0.6 is 11.3 Å². The van der Waals surface area contributed by atoms with Gasteiger partial charge in [0.25, 0.3) is 0 Å². The summed E-state index contributed by atoms with van der Waals surface area (Å²) < 4.78 is 11.4. The number of aryl methyl sites for hydroxylation is 1. The molecular formula is C83H102N4O3S. The van der Waals surface area contributed by atoms with E-state index in [0.29, 0.717) is 29.7 Å². The van der Waals surface area contributed by atoms with Crippen LogP contribution in [0.15, 0.2) is 146 Å². The Labute approximate surface area is 550 Å². The maximum atomic E-state index is 11.5. The first-order valence-electron chi connectivity index (χ1n) is 35.3. The van der Waals surface area contributed by atoms with Crippen LogP contribution in [0.1, 0.15) is 236 Å². The first-order chi connectivity index (χ1) is 44.5. The lowest BCUT2D eigenvalue weighted by atomic mass is 9.66. The number of carbonyl (C=O) groups is 1. The number of benzene rings is 5. The van der Waals surface area contributed by atoms with Crippen LogP contribution in [0.4, 0.5) is 0 Å². The Morgan fingerprint density at radius 2 is 0.879 bits per heavy atom. The van der Waals surface area contributed by atoms with Crippen molar-refractivity contribution in [2.24, 2.45) is 5.92 Å². The van der Waals surface area contributed by atoms with Gasteiger partial charge in [0.05, 0.1) is 18.8 Å². The summed E-state index contributed by atoms with van der Waals surface area (Å²) in [6.45, 7) is 20.6. The molecule has 0 spiro atoms. The highest BCUT2D eigenvalue weighted by Crippen LogP contribution is 2.58. The van der Waals surface area contributed by atoms with Crippen LogP contribution in [0.25, 0.3) is 77.0 Å². The molecule has 0 saturated heterocycles. The van der Waals surface area contributed by atoms with Gasteiger partial charge in [-0.05, 0) is 168 Å². The zero-order valence-corrected chi connectivity index (χ0v) is 57.0. The third kappa shape index (κ3) is 15.9. The molecule has 1 atom stereocenters. The number of rotatable bonds is 37. The molecule has 1 unspecified atom stereocenters. The second-order valence-corrected chi connectivity index (χ2v) is 28.0. The molecule has 0 aliphatic heterocycles. The van der Waals surface area contributed by atoms with Crippen LogP contribution in [0.2, 0.25) is 0 Å². The number of hydrogen-bond acceptors (Lipinski definition) is 8. The molecule has 0 saturated carbocycles. The van der Waals surface area contributed by atoms with Gasteiger partial charge >= 0.3 is 5.97 Å². The summed E-state index contributed by atoms with van der Waals surface area (Å²) in [5, 5.41) is 0. The molecule has 0 bridgehead atoms. The lowest BCUT2D eigenvalue weighted by molar-refractivity contribution is -0.139. The molecule has 3 heterocycles. The Hall–Kier alpha value is -7.03. The van der Waals surface area contributed by atoms with Crippen molar-refractivity contribution in [3.05, 3.63) is 174 Å². The number of ether oxygens (including phenoxy) is 2. The monoisotopic (exact) mass is 1230 g/mol. The molecule has 5 aromatic carbocycles. The Bertz CT molecular complexity index is 3640. The number of thiophene rings is 1. The lowest BCUT2D eigenvalue weighted by Gasteiger charge is -2.37. The number of hydrogen-bond donors (Lipinski definition) is 0. The minimum atomic E-state index is -0.286. The first-order valence-corrected chi connectivity index (χ1v) is 36.2. The van der Waals surface area contributed by atoms with Crippen molar-refractivity contribution in [1.82, 2.24) is 19.9 Å². The Morgan fingerprint density at radius 3 is 1.46 bits per heavy atom. The fourth-order valence-corrected chi connectivity index (χ4v) is 15.8. The fraction of sp³-hybridized carbons (Fsp3) is 0.458. The second-order valence-electron chi connectivity index (χ2n) is 26.9. The standard InChI is InChI=1S/C83H102N4O3S/c1-9-12-15-17-23-28-46-82(47-29-24-18-16-13-10-2)73-51-61(8)32-40-69(73)70-41-35-63(52-74(70)82)66-55-84-80(85-56-66)67-57-86-79(87-58-67)65-37-43-72-71-42-36-64(53-75(71)83(60(6)7,76(72)54-65)48-27-14-11-3)78-45-44-77(91-78)62-33-38-68(39-34-62)89-49-30-25-21-19-20-22-26-31-50-90-81(88)59(4)5/h32-45,51-58,60H,4,9-31,46-50H2,1-3,5-8H3. The van der Waals surface area contributed by atoms with E-state index >= 15 is 0 Å². The molecule has 3 aromatic heterocycles. The van der Waals surface area contributed by atoms with Crippen molar-refractivity contribution in [1.29, 1.82) is 0 Å². The quantitative estimate of drug-likeness (QED) is 0.0218. The summed E-state index contributed by atoms with van der Waals surface area (Å²) in [6, 6.07) is 41.8. The normalized spacial score (nSPS) is 14.3. The average molecular weight is 1240 g/mol. The van der Waals surface area contributed by atoms with E-state index in [4.69, 9.17) is 29.4 Å². The van der Waals surface area contributed by atoms with Gasteiger partial charge in [-0.25, -0.2) is 24.7 Å². The molecule has 10 rings (SSSR count). The number of aromatic nitrogens is 4. The van der Waals surface area contributed by atoms with Gasteiger partial charge in [-0.15, -0.1) is 11.3 Å². The lowest BCUT2D eigenvalue weighted by Crippen LogP contribution is -2.31. The minimum Gasteiger partial charge on any atom is -0.494 e. The molecule has 0 amide bonds. The Kier molecular flexibility index (Phi) is 23.9. The van der Waals surface area contributed by atoms with Gasteiger partial charge in [0.1, 0.15) is 5.75 Å². The van der Waals surface area contributed by atoms with Crippen molar-refractivity contribution >= 4 is 17.3 Å². The molecule has 2 aliphatic carbocycles. The number of esters is 1. The fourth-order valence-electron chi connectivity index (χ4n) is 14.8. The van der Waals surface area contributed by atoms with Gasteiger partial charge in [-0.1, -0.05) is 236 Å². The third-order valence-electron chi connectivity index (χ3n) is 20.0. The zero-order chi connectivity index (χ0) is 63.6. The van der Waals surface area contributed by atoms with Gasteiger partial charge < -0.3 is 9.47 Å². The van der Waals surface area contributed by atoms with Crippen LogP contribution in [0.3, 0.4) is 0 Å². The van der Waals surface area contributed by atoms with Crippen LogP contribution in [-0.4, -0.2) is 39.1 Å². The summed E-state index contributed by atoms with van der Waals surface area (Å²) in [4.78, 5) is 34.2. The summed E-state index contributed by atoms with van der Waals surface area (Å²) in [5.41, 5.74) is 19.6. The highest BCUT2D eigenvalue weighted by Gasteiger charge is 2.46. The summed E-state index contributed by atoms with van der Waals surface area (Å²) in [6.07, 6.45) is 39.6. The van der Waals surface area contributed by atoms with Crippen molar-refractivity contribution in [2.45, 2.75) is 226 Å². The maximum Gasteiger partial charge on any atom is 0.333 e. The van der Waals surface area contributed by atoms with Crippen LogP contribution < -0.4 is 4.74 Å². The molecule has 478 valence electrons. The minimum absolute atomic E-state index is 0.0133. The second kappa shape index (κ2) is 32.5. The van der Waals surface area contributed by atoms with E-state index in [9.17, 15) is 4.79 Å². The number of fused-ring (bicyclic) bond motifs is 6. The van der Waals surface area contributed by atoms with E-state index in [2.05, 4.69) is 157 Å². The molecule has 8 aromatic rings. The van der Waals surface area contributed by atoms with E-state index in [-0.39, 0.29) is 16.8 Å². The van der Waals surface area contributed by atoms with E-state index in [0.717, 1.165) is 61.2 Å². The van der Waals surface area contributed by atoms with Crippen LogP contribution in [0, 0.1) is 12.8 Å². The summed E-state index contributed by atoms with van der Waals surface area (Å²) in [7, 11) is 0. The van der Waals surface area contributed by atoms with Gasteiger partial charge in [-0.3, -0.25) is 0 Å². The molecule has 7 nitrogen and oxygen atoms in total. The van der Waals surface area contributed by atoms with Crippen molar-refractivity contribution in [3.63, 3.8) is 0 Å². The SMILES string of the molecule is C=C(C)C(=O)OCCCCCCCCCCOc1ccc(-c2ccc(-c3ccc4c(c3)C(CCCCC)(C(C)C)c3cc(-c5ncc(-c6ncc(-c7ccc8c(c7)C(CCCCCCCC)(CCCCCCCC)c7cc(C)ccc7-8)cn6)cn5)ccc3-4)s2)cc1. The Morgan fingerprint density at radius 1 is 0.451 bits per heavy atom. The number of carbonyl (C=O) groups excluding carboxylic acids is 1. The highest BCUT2D eigenvalue weighted by atomic mass is 32.1. The predicted molar refractivity (Wildman–Crippen MR) is 383 cm³/mol. The smallest absolute Gasteiger partial charge is 0.333 e. The average Bonchev–Trinajstić information content (AvgIpc) is 1.59. The van der Waals surface area contributed by atoms with Gasteiger partial charge in [-0.2, -0.15) is 0 Å². The molecule has 2 aliphatic rings. The zero-order valence-electron chi connectivity index (χ0n) is 56.2. The molecule has 0 N–H and O–H groups in total. The number of unbranched alkanes of at least 4 members (excludes halogenated alkanes) is 19. The van der Waals surface area contributed by atoms with Gasteiger partial charge in [0.2, 0.25) is 0 Å². The highest BCUT2D eigenvalue weighted by molar-refractivity contribution is 7.18. The van der Waals surface area contributed by atoms with Gasteiger partial charge in [0, 0.05) is 62.1 Å². The molecule has 91 heavy (non-hydrogen) atoms. The third-order valence-corrected chi connectivity index (χ3v) is 21.1. The van der Waals surface area contributed by atoms with Crippen molar-refractivity contribution in [2.75, 3.05) is 13.2 Å². The van der Waals surface area contributed by atoms with E-state index in [1.165, 1.54) is 206 Å². The van der Waals surface area contributed by atoms with E-state index < -0.39 is 0 Å². The summed E-state index contributed by atoms with van der Waals surface area (Å²) >= 11 is 1.86. The molecule has 8 heteroatoms. The van der Waals surface area contributed by atoms with Crippen molar-refractivity contribution in [3.8, 4) is 82.8 Å². The number of nitrogens with zero attached hydrogens (tertiary/aromatic N) is 4. The molecular weight excluding hydrogens is 1130 g/mol. The first kappa shape index (κ1) is 66.9. The topological polar surface area (TPSA) is 87.1 Å². The Balaban J connectivity index is 0.807. The van der Waals surface area contributed by atoms with E-state index in [1.54, 1.807) is 12.5 Å².